The Labute approximate surface area is 155 Å². The van der Waals surface area contributed by atoms with E-state index in [-0.39, 0.29) is 35.3 Å². The highest BCUT2D eigenvalue weighted by molar-refractivity contribution is 7.89. The van der Waals surface area contributed by atoms with Crippen molar-refractivity contribution in [1.29, 1.82) is 0 Å². The van der Waals surface area contributed by atoms with Crippen LogP contribution in [-0.4, -0.2) is 39.5 Å². The first-order valence-corrected chi connectivity index (χ1v) is 10.0. The average molecular weight is 388 g/mol. The van der Waals surface area contributed by atoms with Crippen LogP contribution in [0.4, 0.5) is 5.69 Å². The quantitative estimate of drug-likeness (QED) is 0.829. The summed E-state index contributed by atoms with van der Waals surface area (Å²) in [5.41, 5.74) is 1.76. The number of rotatable bonds is 3. The zero-order valence-corrected chi connectivity index (χ0v) is 16.3. The Morgan fingerprint density at radius 3 is 2.76 bits per heavy atom. The number of benzene rings is 1. The summed E-state index contributed by atoms with van der Waals surface area (Å²) in [6.07, 6.45) is 3.57. The second kappa shape index (κ2) is 8.03. The maximum atomic E-state index is 12.8. The van der Waals surface area contributed by atoms with Gasteiger partial charge in [0.1, 0.15) is 0 Å². The standard InChI is InChI=1S/C17H25N3O3S.ClH/c1-12-16(6-3-9-18-12)19-24(22,23)15-8-7-14-5-4-10-20(13(2)21)17(14)11-15;/h7-8,11-12,16,18-19H,3-6,9-10H2,1-2H3;1H. The fourth-order valence-corrected chi connectivity index (χ4v) is 4.89. The molecule has 2 unspecified atom stereocenters. The molecule has 6 nitrogen and oxygen atoms in total. The Bertz CT molecular complexity index is 739. The van der Waals surface area contributed by atoms with Gasteiger partial charge >= 0.3 is 0 Å². The molecule has 1 aromatic rings. The fourth-order valence-electron chi connectivity index (χ4n) is 3.52. The summed E-state index contributed by atoms with van der Waals surface area (Å²) < 4.78 is 28.4. The van der Waals surface area contributed by atoms with E-state index in [2.05, 4.69) is 10.0 Å². The lowest BCUT2D eigenvalue weighted by Crippen LogP contribution is -2.51. The molecule has 0 aliphatic carbocycles. The fraction of sp³-hybridized carbons (Fsp3) is 0.588. The van der Waals surface area contributed by atoms with Crippen LogP contribution in [-0.2, 0) is 21.2 Å². The van der Waals surface area contributed by atoms with Gasteiger partial charge < -0.3 is 10.2 Å². The molecule has 8 heteroatoms. The predicted molar refractivity (Wildman–Crippen MR) is 101 cm³/mol. The van der Waals surface area contributed by atoms with Gasteiger partial charge in [0.25, 0.3) is 0 Å². The molecule has 0 spiro atoms. The Morgan fingerprint density at radius 2 is 2.08 bits per heavy atom. The predicted octanol–water partition coefficient (Wildman–Crippen LogP) is 1.83. The molecule has 1 fully saturated rings. The maximum Gasteiger partial charge on any atom is 0.240 e. The van der Waals surface area contributed by atoms with Crippen molar-refractivity contribution in [3.8, 4) is 0 Å². The number of sulfonamides is 1. The van der Waals surface area contributed by atoms with Gasteiger partial charge in [-0.1, -0.05) is 6.07 Å². The smallest absolute Gasteiger partial charge is 0.240 e. The van der Waals surface area contributed by atoms with Gasteiger partial charge in [0.15, 0.2) is 0 Å². The van der Waals surface area contributed by atoms with E-state index >= 15 is 0 Å². The van der Waals surface area contributed by atoms with Crippen molar-refractivity contribution in [2.24, 2.45) is 0 Å². The highest BCUT2D eigenvalue weighted by Gasteiger charge is 2.28. The van der Waals surface area contributed by atoms with E-state index in [4.69, 9.17) is 0 Å². The molecule has 1 aromatic carbocycles. The Kier molecular flexibility index (Phi) is 6.48. The molecule has 1 saturated heterocycles. The molecule has 3 rings (SSSR count). The van der Waals surface area contributed by atoms with Gasteiger partial charge in [-0.25, -0.2) is 13.1 Å². The van der Waals surface area contributed by atoms with Crippen LogP contribution in [0.15, 0.2) is 23.1 Å². The lowest BCUT2D eigenvalue weighted by molar-refractivity contribution is -0.116. The Hall–Kier alpha value is -1.15. The third-order valence-electron chi connectivity index (χ3n) is 4.93. The molecule has 0 saturated carbocycles. The highest BCUT2D eigenvalue weighted by Crippen LogP contribution is 2.30. The zero-order chi connectivity index (χ0) is 17.3. The number of piperidine rings is 1. The molecule has 0 bridgehead atoms. The number of hydrogen-bond donors (Lipinski definition) is 2. The monoisotopic (exact) mass is 387 g/mol. The van der Waals surface area contributed by atoms with Crippen LogP contribution in [0.1, 0.15) is 38.7 Å². The molecule has 140 valence electrons. The minimum absolute atomic E-state index is 0. The topological polar surface area (TPSA) is 78.5 Å². The first-order chi connectivity index (χ1) is 11.4. The van der Waals surface area contributed by atoms with Gasteiger partial charge in [0.2, 0.25) is 15.9 Å². The third-order valence-corrected chi connectivity index (χ3v) is 6.42. The van der Waals surface area contributed by atoms with Crippen LogP contribution in [0.25, 0.3) is 0 Å². The number of aryl methyl sites for hydroxylation is 1. The summed E-state index contributed by atoms with van der Waals surface area (Å²) in [6, 6.07) is 5.12. The second-order valence-corrected chi connectivity index (χ2v) is 8.39. The molecule has 2 aliphatic rings. The number of nitrogens with zero attached hydrogens (tertiary/aromatic N) is 1. The van der Waals surface area contributed by atoms with Crippen molar-refractivity contribution in [3.63, 3.8) is 0 Å². The minimum Gasteiger partial charge on any atom is -0.313 e. The summed E-state index contributed by atoms with van der Waals surface area (Å²) in [7, 11) is -3.60. The number of anilines is 1. The molecule has 2 heterocycles. The van der Waals surface area contributed by atoms with Gasteiger partial charge in [-0.05, 0) is 56.8 Å². The number of fused-ring (bicyclic) bond motifs is 1. The van der Waals surface area contributed by atoms with E-state index in [1.165, 1.54) is 6.92 Å². The zero-order valence-electron chi connectivity index (χ0n) is 14.6. The summed E-state index contributed by atoms with van der Waals surface area (Å²) in [6.45, 7) is 5.08. The van der Waals surface area contributed by atoms with E-state index in [1.807, 2.05) is 13.0 Å². The number of carbonyl (C=O) groups excluding carboxylic acids is 1. The normalized spacial score (nSPS) is 23.5. The molecular weight excluding hydrogens is 362 g/mol. The van der Waals surface area contributed by atoms with Crippen LogP contribution in [0.3, 0.4) is 0 Å². The lowest BCUT2D eigenvalue weighted by atomic mass is 10.0. The molecule has 2 atom stereocenters. The average Bonchev–Trinajstić information content (AvgIpc) is 2.55. The molecular formula is C17H26ClN3O3S. The van der Waals surface area contributed by atoms with Crippen molar-refractivity contribution >= 4 is 34.0 Å². The van der Waals surface area contributed by atoms with Crippen molar-refractivity contribution in [2.75, 3.05) is 18.0 Å². The summed E-state index contributed by atoms with van der Waals surface area (Å²) in [4.78, 5) is 13.7. The Morgan fingerprint density at radius 1 is 1.32 bits per heavy atom. The van der Waals surface area contributed by atoms with Crippen LogP contribution in [0.5, 0.6) is 0 Å². The van der Waals surface area contributed by atoms with E-state index in [0.717, 1.165) is 43.5 Å². The first kappa shape index (κ1) is 20.2. The highest BCUT2D eigenvalue weighted by atomic mass is 35.5. The van der Waals surface area contributed by atoms with Crippen molar-refractivity contribution < 1.29 is 13.2 Å². The van der Waals surface area contributed by atoms with Crippen molar-refractivity contribution in [3.05, 3.63) is 23.8 Å². The summed E-state index contributed by atoms with van der Waals surface area (Å²) in [5, 5.41) is 3.30. The van der Waals surface area contributed by atoms with Gasteiger partial charge in [0.05, 0.1) is 4.90 Å². The van der Waals surface area contributed by atoms with E-state index in [1.54, 1.807) is 17.0 Å². The van der Waals surface area contributed by atoms with Crippen LogP contribution in [0, 0.1) is 0 Å². The molecule has 25 heavy (non-hydrogen) atoms. The van der Waals surface area contributed by atoms with E-state index < -0.39 is 10.0 Å². The van der Waals surface area contributed by atoms with Gasteiger partial charge in [-0.3, -0.25) is 4.79 Å². The molecule has 2 aliphatic heterocycles. The van der Waals surface area contributed by atoms with Crippen molar-refractivity contribution in [2.45, 2.75) is 56.5 Å². The van der Waals surface area contributed by atoms with E-state index in [0.29, 0.717) is 6.54 Å². The number of nitrogens with one attached hydrogen (secondary N) is 2. The molecule has 1 amide bonds. The van der Waals surface area contributed by atoms with Gasteiger partial charge in [-0.15, -0.1) is 12.4 Å². The second-order valence-electron chi connectivity index (χ2n) is 6.68. The van der Waals surface area contributed by atoms with E-state index in [9.17, 15) is 13.2 Å². The number of halogens is 1. The number of amides is 1. The number of hydrogen-bond acceptors (Lipinski definition) is 4. The molecule has 0 aromatic heterocycles. The van der Waals surface area contributed by atoms with Gasteiger partial charge in [0, 0.05) is 31.2 Å². The molecule has 0 radical (unpaired) electrons. The Balaban J connectivity index is 0.00000225. The van der Waals surface area contributed by atoms with Crippen LogP contribution in [0.2, 0.25) is 0 Å². The van der Waals surface area contributed by atoms with Gasteiger partial charge in [-0.2, -0.15) is 0 Å². The molecule has 2 N–H and O–H groups in total. The third kappa shape index (κ3) is 4.34. The number of carbonyl (C=O) groups is 1. The maximum absolute atomic E-state index is 12.8. The van der Waals surface area contributed by atoms with Crippen molar-refractivity contribution in [1.82, 2.24) is 10.0 Å². The lowest BCUT2D eigenvalue weighted by Gasteiger charge is -2.31. The first-order valence-electron chi connectivity index (χ1n) is 8.55. The van der Waals surface area contributed by atoms with Crippen LogP contribution < -0.4 is 14.9 Å². The largest absolute Gasteiger partial charge is 0.313 e. The summed E-state index contributed by atoms with van der Waals surface area (Å²) in [5.74, 6) is -0.0523. The minimum atomic E-state index is -3.60. The summed E-state index contributed by atoms with van der Waals surface area (Å²) >= 11 is 0. The SMILES string of the molecule is CC(=O)N1CCCc2ccc(S(=O)(=O)NC3CCCNC3C)cc21.Cl. The van der Waals surface area contributed by atoms with Crippen LogP contribution >= 0.6 is 12.4 Å².